The minimum absolute atomic E-state index is 0.0655. The fourth-order valence-electron chi connectivity index (χ4n) is 0.993. The van der Waals surface area contributed by atoms with Crippen molar-refractivity contribution >= 4 is 0 Å². The molecule has 1 rings (SSSR count). The Kier molecular flexibility index (Phi) is 3.77. The van der Waals surface area contributed by atoms with Crippen LogP contribution in [0.25, 0.3) is 0 Å². The van der Waals surface area contributed by atoms with E-state index in [0.29, 0.717) is 12.2 Å². The molecule has 0 saturated carbocycles. The number of halogens is 1. The molecule has 1 aromatic carbocycles. The van der Waals surface area contributed by atoms with Crippen LogP contribution in [0.1, 0.15) is 5.56 Å². The maximum atomic E-state index is 11.8. The third-order valence-corrected chi connectivity index (χ3v) is 1.53. The van der Waals surface area contributed by atoms with Crippen molar-refractivity contribution in [2.75, 3.05) is 13.3 Å². The molecule has 0 unspecified atom stereocenters. The zero-order valence-corrected chi connectivity index (χ0v) is 7.16. The van der Waals surface area contributed by atoms with E-state index in [1.54, 1.807) is 18.2 Å². The lowest BCUT2D eigenvalue weighted by molar-refractivity contribution is 0.273. The lowest BCUT2D eigenvalue weighted by Crippen LogP contribution is -1.98. The van der Waals surface area contributed by atoms with Crippen molar-refractivity contribution in [2.24, 2.45) is 0 Å². The van der Waals surface area contributed by atoms with Crippen LogP contribution < -0.4 is 4.74 Å². The standard InChI is InChI=1S/C10H10FNO/c11-5-7-13-10-3-1-2-9(8-10)4-6-12/h1-3,8H,4-5,7H2. The highest BCUT2D eigenvalue weighted by molar-refractivity contribution is 5.29. The molecule has 0 N–H and O–H groups in total. The van der Waals surface area contributed by atoms with Crippen LogP contribution in [0.4, 0.5) is 4.39 Å². The van der Waals surface area contributed by atoms with Crippen molar-refractivity contribution in [3.63, 3.8) is 0 Å². The maximum Gasteiger partial charge on any atom is 0.123 e. The summed E-state index contributed by atoms with van der Waals surface area (Å²) in [5, 5.41) is 8.44. The molecule has 0 aliphatic rings. The second-order valence-electron chi connectivity index (χ2n) is 2.52. The van der Waals surface area contributed by atoms with Gasteiger partial charge in [-0.3, -0.25) is 0 Å². The van der Waals surface area contributed by atoms with Crippen molar-refractivity contribution in [1.82, 2.24) is 0 Å². The number of alkyl halides is 1. The molecule has 13 heavy (non-hydrogen) atoms. The number of hydrogen-bond acceptors (Lipinski definition) is 2. The van der Waals surface area contributed by atoms with Crippen molar-refractivity contribution in [3.8, 4) is 11.8 Å². The van der Waals surface area contributed by atoms with E-state index in [1.165, 1.54) is 0 Å². The van der Waals surface area contributed by atoms with Gasteiger partial charge in [0.1, 0.15) is 19.0 Å². The normalized spacial score (nSPS) is 9.23. The Morgan fingerprint density at radius 3 is 3.00 bits per heavy atom. The summed E-state index contributed by atoms with van der Waals surface area (Å²) in [4.78, 5) is 0. The van der Waals surface area contributed by atoms with Crippen molar-refractivity contribution in [2.45, 2.75) is 6.42 Å². The second-order valence-corrected chi connectivity index (χ2v) is 2.52. The van der Waals surface area contributed by atoms with Crippen molar-refractivity contribution in [1.29, 1.82) is 5.26 Å². The summed E-state index contributed by atoms with van der Waals surface area (Å²) < 4.78 is 16.8. The Labute approximate surface area is 76.6 Å². The van der Waals surface area contributed by atoms with Gasteiger partial charge in [-0.05, 0) is 17.7 Å². The molecule has 0 atom stereocenters. The topological polar surface area (TPSA) is 33.0 Å². The molecule has 1 aromatic rings. The molecule has 0 bridgehead atoms. The molecule has 0 aliphatic heterocycles. The monoisotopic (exact) mass is 179 g/mol. The van der Waals surface area contributed by atoms with Gasteiger partial charge in [0.15, 0.2) is 0 Å². The fraction of sp³-hybridized carbons (Fsp3) is 0.300. The predicted molar refractivity (Wildman–Crippen MR) is 47.2 cm³/mol. The molecule has 0 aliphatic carbocycles. The van der Waals surface area contributed by atoms with Gasteiger partial charge in [0.2, 0.25) is 0 Å². The van der Waals surface area contributed by atoms with E-state index in [0.717, 1.165) is 5.56 Å². The molecule has 68 valence electrons. The Morgan fingerprint density at radius 2 is 2.31 bits per heavy atom. The largest absolute Gasteiger partial charge is 0.491 e. The molecule has 3 heteroatoms. The average Bonchev–Trinajstić information content (AvgIpc) is 2.16. The molecule has 0 fully saturated rings. The number of nitriles is 1. The Balaban J connectivity index is 2.63. The summed E-state index contributed by atoms with van der Waals surface area (Å²) >= 11 is 0. The summed E-state index contributed by atoms with van der Waals surface area (Å²) in [5.74, 6) is 0.616. The van der Waals surface area contributed by atoms with Gasteiger partial charge in [0, 0.05) is 0 Å². The molecular formula is C10H10FNO. The van der Waals surface area contributed by atoms with Crippen LogP contribution in [0.15, 0.2) is 24.3 Å². The van der Waals surface area contributed by atoms with Gasteiger partial charge in [-0.15, -0.1) is 0 Å². The number of rotatable bonds is 4. The second kappa shape index (κ2) is 5.15. The van der Waals surface area contributed by atoms with E-state index in [2.05, 4.69) is 0 Å². The Morgan fingerprint density at radius 1 is 1.46 bits per heavy atom. The third-order valence-electron chi connectivity index (χ3n) is 1.53. The number of nitrogens with zero attached hydrogens (tertiary/aromatic N) is 1. The van der Waals surface area contributed by atoms with Crippen molar-refractivity contribution < 1.29 is 9.13 Å². The SMILES string of the molecule is N#CCc1cccc(OCCF)c1. The van der Waals surface area contributed by atoms with Crippen LogP contribution >= 0.6 is 0 Å². The van der Waals surface area contributed by atoms with Gasteiger partial charge >= 0.3 is 0 Å². The first-order chi connectivity index (χ1) is 6.36. The van der Waals surface area contributed by atoms with E-state index in [-0.39, 0.29) is 6.61 Å². The summed E-state index contributed by atoms with van der Waals surface area (Å²) in [5.41, 5.74) is 0.888. The first-order valence-corrected chi connectivity index (χ1v) is 4.01. The van der Waals surface area contributed by atoms with Crippen LogP contribution in [-0.4, -0.2) is 13.3 Å². The molecule has 0 saturated heterocycles. The van der Waals surface area contributed by atoms with E-state index >= 15 is 0 Å². The predicted octanol–water partition coefficient (Wildman–Crippen LogP) is 2.10. The van der Waals surface area contributed by atoms with Gasteiger partial charge in [-0.25, -0.2) is 4.39 Å². The number of hydrogen-bond donors (Lipinski definition) is 0. The number of benzene rings is 1. The summed E-state index contributed by atoms with van der Waals surface area (Å²) in [6, 6.07) is 9.16. The highest BCUT2D eigenvalue weighted by Crippen LogP contribution is 2.13. The minimum Gasteiger partial charge on any atom is -0.491 e. The van der Waals surface area contributed by atoms with E-state index in [1.807, 2.05) is 12.1 Å². The molecular weight excluding hydrogens is 169 g/mol. The van der Waals surface area contributed by atoms with Gasteiger partial charge in [0.25, 0.3) is 0 Å². The highest BCUT2D eigenvalue weighted by Gasteiger charge is 1.95. The van der Waals surface area contributed by atoms with Crippen molar-refractivity contribution in [3.05, 3.63) is 29.8 Å². The molecule has 0 aromatic heterocycles. The van der Waals surface area contributed by atoms with E-state index in [9.17, 15) is 4.39 Å². The van der Waals surface area contributed by atoms with E-state index in [4.69, 9.17) is 10.00 Å². The summed E-state index contributed by atoms with van der Waals surface area (Å²) in [7, 11) is 0. The zero-order chi connectivity index (χ0) is 9.52. The highest BCUT2D eigenvalue weighted by atomic mass is 19.1. The molecule has 0 amide bonds. The molecule has 0 radical (unpaired) electrons. The zero-order valence-electron chi connectivity index (χ0n) is 7.16. The Bertz CT molecular complexity index is 306. The van der Waals surface area contributed by atoms with Crippen LogP contribution in [-0.2, 0) is 6.42 Å². The molecule has 0 spiro atoms. The first-order valence-electron chi connectivity index (χ1n) is 4.01. The Hall–Kier alpha value is -1.56. The molecule has 2 nitrogen and oxygen atoms in total. The van der Waals surface area contributed by atoms with Crippen LogP contribution in [0.2, 0.25) is 0 Å². The first kappa shape index (κ1) is 9.53. The lowest BCUT2D eigenvalue weighted by Gasteiger charge is -2.03. The van der Waals surface area contributed by atoms with Gasteiger partial charge in [0.05, 0.1) is 12.5 Å². The maximum absolute atomic E-state index is 11.8. The van der Waals surface area contributed by atoms with Gasteiger partial charge in [-0.1, -0.05) is 12.1 Å². The fourth-order valence-corrected chi connectivity index (χ4v) is 0.993. The summed E-state index contributed by atoms with van der Waals surface area (Å²) in [6.07, 6.45) is 0.354. The van der Waals surface area contributed by atoms with Crippen LogP contribution in [0.3, 0.4) is 0 Å². The van der Waals surface area contributed by atoms with Gasteiger partial charge in [-0.2, -0.15) is 5.26 Å². The number of ether oxygens (including phenoxy) is 1. The van der Waals surface area contributed by atoms with Gasteiger partial charge < -0.3 is 4.74 Å². The van der Waals surface area contributed by atoms with Crippen LogP contribution in [0.5, 0.6) is 5.75 Å². The van der Waals surface area contributed by atoms with Crippen LogP contribution in [0, 0.1) is 11.3 Å². The molecule has 0 heterocycles. The lowest BCUT2D eigenvalue weighted by atomic mass is 10.2. The average molecular weight is 179 g/mol. The summed E-state index contributed by atoms with van der Waals surface area (Å²) in [6.45, 7) is -0.432. The van der Waals surface area contributed by atoms with E-state index < -0.39 is 6.67 Å². The minimum atomic E-state index is -0.498. The smallest absolute Gasteiger partial charge is 0.123 e. The quantitative estimate of drug-likeness (QED) is 0.709. The third kappa shape index (κ3) is 3.12.